The van der Waals surface area contributed by atoms with Gasteiger partial charge in [0.05, 0.1) is 5.01 Å². The minimum absolute atomic E-state index is 0. The van der Waals surface area contributed by atoms with E-state index in [9.17, 15) is 0 Å². The standard InChI is InChI=1S/C21H32N6S.HI/c1-18-16-25-20(28-18)8-9-23-21(22-2)24-10-11-26-12-14-27(15-13-26)17-19-6-4-3-5-7-19;/h3-7,16H,8-15,17H2,1-2H3,(H2,22,23,24);1H. The molecule has 1 aliphatic heterocycles. The Hall–Kier alpha value is -1.23. The van der Waals surface area contributed by atoms with Gasteiger partial charge < -0.3 is 10.6 Å². The number of guanidine groups is 1. The lowest BCUT2D eigenvalue weighted by Gasteiger charge is -2.34. The molecule has 1 aromatic heterocycles. The predicted octanol–water partition coefficient (Wildman–Crippen LogP) is 2.59. The second-order valence-electron chi connectivity index (χ2n) is 7.14. The zero-order valence-electron chi connectivity index (χ0n) is 17.4. The third-order valence-corrected chi connectivity index (χ3v) is 5.93. The first kappa shape index (κ1) is 24.0. The van der Waals surface area contributed by atoms with Crippen molar-refractivity contribution in [3.8, 4) is 0 Å². The summed E-state index contributed by atoms with van der Waals surface area (Å²) >= 11 is 1.76. The number of nitrogens with zero attached hydrogens (tertiary/aromatic N) is 4. The zero-order valence-corrected chi connectivity index (χ0v) is 20.6. The molecule has 29 heavy (non-hydrogen) atoms. The van der Waals surface area contributed by atoms with E-state index in [0.717, 1.165) is 64.7 Å². The molecule has 0 saturated carbocycles. The Bertz CT molecular complexity index is 728. The fourth-order valence-corrected chi connectivity index (χ4v) is 4.16. The Morgan fingerprint density at radius 3 is 2.41 bits per heavy atom. The normalized spacial score (nSPS) is 15.7. The summed E-state index contributed by atoms with van der Waals surface area (Å²) in [5.41, 5.74) is 1.40. The van der Waals surface area contributed by atoms with E-state index in [1.807, 2.05) is 13.2 Å². The van der Waals surface area contributed by atoms with Crippen molar-refractivity contribution in [3.63, 3.8) is 0 Å². The zero-order chi connectivity index (χ0) is 19.6. The number of piperazine rings is 1. The first-order valence-electron chi connectivity index (χ1n) is 10.1. The molecule has 0 atom stereocenters. The van der Waals surface area contributed by atoms with Gasteiger partial charge in [0, 0.05) is 76.9 Å². The molecule has 2 heterocycles. The van der Waals surface area contributed by atoms with Gasteiger partial charge in [-0.1, -0.05) is 30.3 Å². The summed E-state index contributed by atoms with van der Waals surface area (Å²) in [4.78, 5) is 15.1. The number of hydrogen-bond donors (Lipinski definition) is 2. The van der Waals surface area contributed by atoms with E-state index in [-0.39, 0.29) is 24.0 Å². The number of aliphatic imine (C=N–C) groups is 1. The van der Waals surface area contributed by atoms with Crippen molar-refractivity contribution >= 4 is 41.3 Å². The maximum atomic E-state index is 4.40. The topological polar surface area (TPSA) is 55.8 Å². The third-order valence-electron chi connectivity index (χ3n) is 4.96. The molecule has 2 N–H and O–H groups in total. The first-order chi connectivity index (χ1) is 13.7. The highest BCUT2D eigenvalue weighted by atomic mass is 127. The summed E-state index contributed by atoms with van der Waals surface area (Å²) in [6.45, 7) is 10.5. The van der Waals surface area contributed by atoms with Crippen molar-refractivity contribution in [1.29, 1.82) is 0 Å². The van der Waals surface area contributed by atoms with Gasteiger partial charge >= 0.3 is 0 Å². The van der Waals surface area contributed by atoms with Gasteiger partial charge in [-0.15, -0.1) is 35.3 Å². The van der Waals surface area contributed by atoms with Crippen LogP contribution in [-0.4, -0.2) is 73.6 Å². The van der Waals surface area contributed by atoms with E-state index in [4.69, 9.17) is 0 Å². The average molecular weight is 529 g/mol. The molecule has 6 nitrogen and oxygen atoms in total. The fourth-order valence-electron chi connectivity index (χ4n) is 3.37. The number of nitrogens with one attached hydrogen (secondary N) is 2. The molecule has 1 aromatic carbocycles. The molecular weight excluding hydrogens is 495 g/mol. The molecule has 3 rings (SSSR count). The van der Waals surface area contributed by atoms with Gasteiger partial charge in [-0.25, -0.2) is 4.98 Å². The van der Waals surface area contributed by atoms with Gasteiger partial charge in [0.2, 0.25) is 0 Å². The van der Waals surface area contributed by atoms with Gasteiger partial charge in [0.1, 0.15) is 0 Å². The summed E-state index contributed by atoms with van der Waals surface area (Å²) in [7, 11) is 1.82. The summed E-state index contributed by atoms with van der Waals surface area (Å²) in [5, 5.41) is 7.98. The number of thiazole rings is 1. The van der Waals surface area contributed by atoms with Crippen LogP contribution in [0.2, 0.25) is 0 Å². The number of rotatable bonds is 8. The molecular formula is C21H33IN6S. The van der Waals surface area contributed by atoms with Crippen molar-refractivity contribution in [2.45, 2.75) is 19.9 Å². The maximum Gasteiger partial charge on any atom is 0.191 e. The summed E-state index contributed by atoms with van der Waals surface area (Å²) < 4.78 is 0. The SMILES string of the molecule is CN=C(NCCc1ncc(C)s1)NCCN1CCN(Cc2ccccc2)CC1.I. The van der Waals surface area contributed by atoms with Crippen LogP contribution in [0.1, 0.15) is 15.4 Å². The van der Waals surface area contributed by atoms with Crippen LogP contribution in [0.15, 0.2) is 41.5 Å². The number of halogens is 1. The smallest absolute Gasteiger partial charge is 0.191 e. The van der Waals surface area contributed by atoms with Gasteiger partial charge in [-0.05, 0) is 12.5 Å². The van der Waals surface area contributed by atoms with E-state index in [1.165, 1.54) is 15.4 Å². The molecule has 160 valence electrons. The van der Waals surface area contributed by atoms with Crippen molar-refractivity contribution in [2.75, 3.05) is 52.9 Å². The van der Waals surface area contributed by atoms with Crippen LogP contribution in [0.3, 0.4) is 0 Å². The lowest BCUT2D eigenvalue weighted by molar-refractivity contribution is 0.129. The highest BCUT2D eigenvalue weighted by Crippen LogP contribution is 2.11. The Kier molecular flexibility index (Phi) is 10.9. The number of aryl methyl sites for hydroxylation is 1. The summed E-state index contributed by atoms with van der Waals surface area (Å²) in [6, 6.07) is 10.7. The van der Waals surface area contributed by atoms with Crippen LogP contribution < -0.4 is 10.6 Å². The van der Waals surface area contributed by atoms with Crippen LogP contribution in [0.4, 0.5) is 0 Å². The van der Waals surface area contributed by atoms with Crippen molar-refractivity contribution in [3.05, 3.63) is 52.0 Å². The van der Waals surface area contributed by atoms with Crippen LogP contribution >= 0.6 is 35.3 Å². The minimum atomic E-state index is 0. The highest BCUT2D eigenvalue weighted by Gasteiger charge is 2.16. The van der Waals surface area contributed by atoms with Gasteiger partial charge in [0.25, 0.3) is 0 Å². The fraction of sp³-hybridized carbons (Fsp3) is 0.524. The van der Waals surface area contributed by atoms with E-state index < -0.39 is 0 Å². The van der Waals surface area contributed by atoms with Crippen molar-refractivity contribution in [1.82, 2.24) is 25.4 Å². The molecule has 0 radical (unpaired) electrons. The van der Waals surface area contributed by atoms with Crippen LogP contribution in [0.5, 0.6) is 0 Å². The van der Waals surface area contributed by atoms with Crippen LogP contribution in [0, 0.1) is 6.92 Å². The number of benzene rings is 1. The number of aromatic nitrogens is 1. The molecule has 0 amide bonds. The third kappa shape index (κ3) is 8.57. The first-order valence-corrected chi connectivity index (χ1v) is 10.9. The monoisotopic (exact) mass is 528 g/mol. The molecule has 0 spiro atoms. The molecule has 0 unspecified atom stereocenters. The molecule has 1 fully saturated rings. The van der Waals surface area contributed by atoms with Crippen LogP contribution in [0.25, 0.3) is 0 Å². The largest absolute Gasteiger partial charge is 0.356 e. The van der Waals surface area contributed by atoms with Gasteiger partial charge in [-0.2, -0.15) is 0 Å². The Balaban J connectivity index is 0.00000300. The summed E-state index contributed by atoms with van der Waals surface area (Å²) in [6.07, 6.45) is 2.87. The molecule has 0 aliphatic carbocycles. The van der Waals surface area contributed by atoms with E-state index in [2.05, 4.69) is 67.7 Å². The van der Waals surface area contributed by atoms with Gasteiger partial charge in [-0.3, -0.25) is 14.8 Å². The molecule has 8 heteroatoms. The lowest BCUT2D eigenvalue weighted by Crippen LogP contribution is -2.49. The van der Waals surface area contributed by atoms with E-state index in [0.29, 0.717) is 0 Å². The van der Waals surface area contributed by atoms with Crippen molar-refractivity contribution < 1.29 is 0 Å². The number of hydrogen-bond acceptors (Lipinski definition) is 5. The Labute approximate surface area is 195 Å². The quantitative estimate of drug-likeness (QED) is 0.314. The Morgan fingerprint density at radius 1 is 1.07 bits per heavy atom. The maximum absolute atomic E-state index is 4.40. The Morgan fingerprint density at radius 2 is 1.76 bits per heavy atom. The minimum Gasteiger partial charge on any atom is -0.356 e. The van der Waals surface area contributed by atoms with Crippen molar-refractivity contribution in [2.24, 2.45) is 4.99 Å². The lowest BCUT2D eigenvalue weighted by atomic mass is 10.2. The molecule has 1 saturated heterocycles. The average Bonchev–Trinajstić information content (AvgIpc) is 3.14. The molecule has 2 aromatic rings. The molecule has 1 aliphatic rings. The van der Waals surface area contributed by atoms with E-state index in [1.54, 1.807) is 11.3 Å². The molecule has 0 bridgehead atoms. The second-order valence-corrected chi connectivity index (χ2v) is 8.46. The highest BCUT2D eigenvalue weighted by molar-refractivity contribution is 14.0. The summed E-state index contributed by atoms with van der Waals surface area (Å²) in [5.74, 6) is 0.871. The van der Waals surface area contributed by atoms with Gasteiger partial charge in [0.15, 0.2) is 5.96 Å². The van der Waals surface area contributed by atoms with Crippen LogP contribution in [-0.2, 0) is 13.0 Å². The predicted molar refractivity (Wildman–Crippen MR) is 133 cm³/mol. The van der Waals surface area contributed by atoms with E-state index >= 15 is 0 Å². The second kappa shape index (κ2) is 13.1.